The van der Waals surface area contributed by atoms with Crippen molar-refractivity contribution in [2.24, 2.45) is 0 Å². The van der Waals surface area contributed by atoms with E-state index in [1.807, 2.05) is 6.07 Å². The summed E-state index contributed by atoms with van der Waals surface area (Å²) in [7, 11) is 0. The molecule has 1 amide bonds. The van der Waals surface area contributed by atoms with E-state index >= 15 is 0 Å². The predicted octanol–water partition coefficient (Wildman–Crippen LogP) is 2.66. The van der Waals surface area contributed by atoms with Gasteiger partial charge >= 0.3 is 5.76 Å². The minimum atomic E-state index is -0.779. The second kappa shape index (κ2) is 7.04. The van der Waals surface area contributed by atoms with Crippen LogP contribution in [-0.4, -0.2) is 25.4 Å². The lowest BCUT2D eigenvalue weighted by Gasteiger charge is -2.02. The van der Waals surface area contributed by atoms with Gasteiger partial charge < -0.3 is 9.73 Å². The van der Waals surface area contributed by atoms with Crippen molar-refractivity contribution < 1.29 is 14.1 Å². The summed E-state index contributed by atoms with van der Waals surface area (Å²) in [6.07, 6.45) is 1.65. The molecule has 4 rings (SSSR count). The van der Waals surface area contributed by atoms with Crippen molar-refractivity contribution >= 4 is 39.2 Å². The summed E-state index contributed by atoms with van der Waals surface area (Å²) in [5, 5.41) is 15.6. The van der Waals surface area contributed by atoms with E-state index < -0.39 is 16.6 Å². The van der Waals surface area contributed by atoms with Gasteiger partial charge in [0.1, 0.15) is 12.2 Å². The summed E-state index contributed by atoms with van der Waals surface area (Å²) >= 11 is 1.23. The Morgan fingerprint density at radius 1 is 1.29 bits per heavy atom. The molecule has 11 heteroatoms. The molecule has 28 heavy (non-hydrogen) atoms. The number of carbonyl (C=O) groups is 1. The highest BCUT2D eigenvalue weighted by Crippen LogP contribution is 2.23. The van der Waals surface area contributed by atoms with Crippen LogP contribution >= 0.6 is 11.3 Å². The lowest BCUT2D eigenvalue weighted by molar-refractivity contribution is -0.384. The molecule has 0 bridgehead atoms. The van der Waals surface area contributed by atoms with Gasteiger partial charge in [0.15, 0.2) is 10.7 Å². The second-order valence-electron chi connectivity index (χ2n) is 5.66. The summed E-state index contributed by atoms with van der Waals surface area (Å²) in [5.41, 5.74) is 1.43. The smallest absolute Gasteiger partial charge is 0.407 e. The van der Waals surface area contributed by atoms with Crippen LogP contribution in [0.1, 0.15) is 0 Å². The average molecular weight is 397 g/mol. The minimum absolute atomic E-state index is 0.0405. The molecule has 140 valence electrons. The number of anilines is 1. The van der Waals surface area contributed by atoms with Gasteiger partial charge in [0, 0.05) is 17.6 Å². The topological polar surface area (TPSA) is 133 Å². The first kappa shape index (κ1) is 17.5. The fourth-order valence-corrected chi connectivity index (χ4v) is 3.30. The molecule has 0 atom stereocenters. The number of nitrogens with zero attached hydrogens (tertiary/aromatic N) is 4. The number of benzene rings is 1. The number of oxazole rings is 1. The van der Waals surface area contributed by atoms with E-state index in [-0.39, 0.29) is 17.8 Å². The molecule has 0 saturated carbocycles. The van der Waals surface area contributed by atoms with Gasteiger partial charge in [-0.1, -0.05) is 6.07 Å². The number of amides is 1. The molecule has 0 saturated heterocycles. The quantitative estimate of drug-likeness (QED) is 0.404. The molecule has 0 aliphatic carbocycles. The highest BCUT2D eigenvalue weighted by molar-refractivity contribution is 7.14. The predicted molar refractivity (Wildman–Crippen MR) is 101 cm³/mol. The van der Waals surface area contributed by atoms with Crippen molar-refractivity contribution in [2.45, 2.75) is 6.54 Å². The number of pyridine rings is 1. The highest BCUT2D eigenvalue weighted by Gasteiger charge is 2.17. The first-order chi connectivity index (χ1) is 13.5. The van der Waals surface area contributed by atoms with Crippen LogP contribution in [0.15, 0.2) is 57.2 Å². The molecule has 4 aromatic rings. The Bertz CT molecular complexity index is 1240. The largest absolute Gasteiger partial charge is 0.420 e. The summed E-state index contributed by atoms with van der Waals surface area (Å²) in [6.45, 7) is -0.317. The molecule has 0 aliphatic heterocycles. The van der Waals surface area contributed by atoms with Gasteiger partial charge in [-0.3, -0.25) is 24.5 Å². The van der Waals surface area contributed by atoms with E-state index in [4.69, 9.17) is 4.42 Å². The minimum Gasteiger partial charge on any atom is -0.407 e. The van der Waals surface area contributed by atoms with Crippen molar-refractivity contribution in [1.82, 2.24) is 14.5 Å². The maximum absolute atomic E-state index is 12.3. The number of nitro benzene ring substituents is 1. The Morgan fingerprint density at radius 2 is 2.14 bits per heavy atom. The van der Waals surface area contributed by atoms with Gasteiger partial charge in [-0.15, -0.1) is 11.3 Å². The van der Waals surface area contributed by atoms with Crippen LogP contribution in [0.5, 0.6) is 0 Å². The standard InChI is InChI=1S/C17H11N5O5S/c23-15(20-16-19-12(9-28-16)11-3-1-2-6-18-11)8-21-13-5-4-10(22(25)26)7-14(13)27-17(21)24/h1-7,9H,8H2,(H,19,20,23). The summed E-state index contributed by atoms with van der Waals surface area (Å²) < 4.78 is 6.10. The molecule has 10 nitrogen and oxygen atoms in total. The van der Waals surface area contributed by atoms with Gasteiger partial charge in [0.05, 0.1) is 22.2 Å². The molecule has 1 aromatic carbocycles. The third-order valence-corrected chi connectivity index (χ3v) is 4.60. The summed E-state index contributed by atoms with van der Waals surface area (Å²) in [4.78, 5) is 43.1. The van der Waals surface area contributed by atoms with Crippen LogP contribution in [0, 0.1) is 10.1 Å². The van der Waals surface area contributed by atoms with Crippen molar-refractivity contribution in [3.05, 3.63) is 68.6 Å². The van der Waals surface area contributed by atoms with Crippen LogP contribution in [0.4, 0.5) is 10.8 Å². The van der Waals surface area contributed by atoms with E-state index in [9.17, 15) is 19.7 Å². The maximum Gasteiger partial charge on any atom is 0.420 e. The van der Waals surface area contributed by atoms with Gasteiger partial charge in [-0.25, -0.2) is 9.78 Å². The lowest BCUT2D eigenvalue weighted by atomic mass is 10.3. The number of hydrogen-bond donors (Lipinski definition) is 1. The third-order valence-electron chi connectivity index (χ3n) is 3.84. The molecule has 0 spiro atoms. The molecule has 1 N–H and O–H groups in total. The maximum atomic E-state index is 12.3. The van der Waals surface area contributed by atoms with Crippen LogP contribution in [0.2, 0.25) is 0 Å². The highest BCUT2D eigenvalue weighted by atomic mass is 32.1. The Balaban J connectivity index is 1.53. The SMILES string of the molecule is O=C(Cn1c(=O)oc2cc([N+](=O)[O-])ccc21)Nc1nc(-c2ccccn2)cs1. The number of thiazole rings is 1. The molecule has 0 unspecified atom stereocenters. The van der Waals surface area contributed by atoms with E-state index in [0.717, 1.165) is 10.6 Å². The van der Waals surface area contributed by atoms with Crippen LogP contribution in [-0.2, 0) is 11.3 Å². The zero-order chi connectivity index (χ0) is 19.7. The Hall–Kier alpha value is -3.86. The van der Waals surface area contributed by atoms with Crippen molar-refractivity contribution in [2.75, 3.05) is 5.32 Å². The number of hydrogen-bond acceptors (Lipinski definition) is 8. The fraction of sp³-hybridized carbons (Fsp3) is 0.0588. The molecule has 0 radical (unpaired) electrons. The number of aromatic nitrogens is 3. The van der Waals surface area contributed by atoms with E-state index in [1.54, 1.807) is 23.7 Å². The number of nitro groups is 1. The molecule has 0 fully saturated rings. The van der Waals surface area contributed by atoms with E-state index in [1.165, 1.54) is 23.5 Å². The summed E-state index contributed by atoms with van der Waals surface area (Å²) in [6, 6.07) is 9.18. The van der Waals surface area contributed by atoms with Gasteiger partial charge in [-0.05, 0) is 18.2 Å². The Labute approximate surface area is 160 Å². The molecule has 3 heterocycles. The van der Waals surface area contributed by atoms with Crippen LogP contribution < -0.4 is 11.1 Å². The average Bonchev–Trinajstić information content (AvgIpc) is 3.26. The number of carbonyl (C=O) groups excluding carboxylic acids is 1. The first-order valence-corrected chi connectivity index (χ1v) is 8.84. The van der Waals surface area contributed by atoms with Crippen molar-refractivity contribution in [1.29, 1.82) is 0 Å². The Kier molecular flexibility index (Phi) is 4.41. The first-order valence-electron chi connectivity index (χ1n) is 7.96. The summed E-state index contributed by atoms with van der Waals surface area (Å²) in [5.74, 6) is -1.26. The fourth-order valence-electron chi connectivity index (χ4n) is 2.58. The third kappa shape index (κ3) is 3.38. The van der Waals surface area contributed by atoms with Gasteiger partial charge in [0.2, 0.25) is 5.91 Å². The van der Waals surface area contributed by atoms with E-state index in [0.29, 0.717) is 22.0 Å². The van der Waals surface area contributed by atoms with Crippen molar-refractivity contribution in [3.8, 4) is 11.4 Å². The number of nitrogens with one attached hydrogen (secondary N) is 1. The lowest BCUT2D eigenvalue weighted by Crippen LogP contribution is -2.24. The zero-order valence-corrected chi connectivity index (χ0v) is 14.9. The Morgan fingerprint density at radius 3 is 2.89 bits per heavy atom. The molecular weight excluding hydrogens is 386 g/mol. The second-order valence-corrected chi connectivity index (χ2v) is 6.52. The van der Waals surface area contributed by atoms with Crippen molar-refractivity contribution in [3.63, 3.8) is 0 Å². The van der Waals surface area contributed by atoms with Crippen LogP contribution in [0.3, 0.4) is 0 Å². The van der Waals surface area contributed by atoms with E-state index in [2.05, 4.69) is 15.3 Å². The molecule has 0 aliphatic rings. The monoisotopic (exact) mass is 397 g/mol. The number of fused-ring (bicyclic) bond motifs is 1. The normalized spacial score (nSPS) is 10.9. The molecule has 3 aromatic heterocycles. The zero-order valence-electron chi connectivity index (χ0n) is 14.1. The van der Waals surface area contributed by atoms with Gasteiger partial charge in [0.25, 0.3) is 5.69 Å². The molecular formula is C17H11N5O5S. The number of non-ortho nitro benzene ring substituents is 1. The van der Waals surface area contributed by atoms with Gasteiger partial charge in [-0.2, -0.15) is 0 Å². The number of rotatable bonds is 5. The van der Waals surface area contributed by atoms with Crippen LogP contribution in [0.25, 0.3) is 22.5 Å².